The van der Waals surface area contributed by atoms with Crippen LogP contribution in [-0.2, 0) is 0 Å². The molecule has 0 aliphatic carbocycles. The molecule has 1 unspecified atom stereocenters. The van der Waals surface area contributed by atoms with Crippen LogP contribution in [0.2, 0.25) is 0 Å². The van der Waals surface area contributed by atoms with Crippen molar-refractivity contribution in [2.45, 2.75) is 31.7 Å². The zero-order valence-corrected chi connectivity index (χ0v) is 10.9. The summed E-state index contributed by atoms with van der Waals surface area (Å²) < 4.78 is 0. The molecule has 0 radical (unpaired) electrons. The topological polar surface area (TPSA) is 45.4 Å². The number of likely N-dealkylation sites (tertiary alicyclic amines) is 1. The summed E-state index contributed by atoms with van der Waals surface area (Å²) >= 11 is 0. The second-order valence-corrected chi connectivity index (χ2v) is 5.44. The van der Waals surface area contributed by atoms with Crippen LogP contribution in [0.5, 0.6) is 0 Å². The van der Waals surface area contributed by atoms with E-state index in [2.05, 4.69) is 14.8 Å². The molecule has 3 rings (SSSR count). The lowest BCUT2D eigenvalue weighted by Gasteiger charge is -2.29. The largest absolute Gasteiger partial charge is 0.399 e. The van der Waals surface area contributed by atoms with E-state index < -0.39 is 0 Å². The van der Waals surface area contributed by atoms with Crippen molar-refractivity contribution in [1.82, 2.24) is 9.88 Å². The molecular formula is C14H22N4. The summed E-state index contributed by atoms with van der Waals surface area (Å²) in [6.07, 6.45) is 7.10. The lowest BCUT2D eigenvalue weighted by Crippen LogP contribution is -2.39. The molecule has 2 fully saturated rings. The van der Waals surface area contributed by atoms with E-state index in [0.29, 0.717) is 6.04 Å². The van der Waals surface area contributed by atoms with Gasteiger partial charge >= 0.3 is 0 Å². The molecule has 98 valence electrons. The number of nitrogen functional groups attached to an aromatic ring is 1. The number of hydrogen-bond acceptors (Lipinski definition) is 4. The van der Waals surface area contributed by atoms with Crippen molar-refractivity contribution in [2.75, 3.05) is 36.8 Å². The molecule has 3 heterocycles. The molecule has 2 aliphatic heterocycles. The Morgan fingerprint density at radius 3 is 2.83 bits per heavy atom. The van der Waals surface area contributed by atoms with Gasteiger partial charge in [0.2, 0.25) is 0 Å². The van der Waals surface area contributed by atoms with Gasteiger partial charge in [0.1, 0.15) is 5.82 Å². The van der Waals surface area contributed by atoms with E-state index in [1.165, 1.54) is 45.3 Å². The average Bonchev–Trinajstić information content (AvgIpc) is 3.01. The number of nitrogens with zero attached hydrogens (tertiary/aromatic N) is 3. The molecule has 0 saturated carbocycles. The third kappa shape index (κ3) is 2.43. The second-order valence-electron chi connectivity index (χ2n) is 5.44. The molecule has 0 spiro atoms. The van der Waals surface area contributed by atoms with Gasteiger partial charge in [-0.05, 0) is 44.8 Å². The van der Waals surface area contributed by atoms with Gasteiger partial charge in [-0.25, -0.2) is 4.98 Å². The standard InChI is InChI=1S/C14H22N4/c15-12-5-6-16-14(10-12)18-9-3-4-13(18)11-17-7-1-2-8-17/h5-6,10,13H,1-4,7-9,11H2,(H2,15,16). The van der Waals surface area contributed by atoms with Crippen molar-refractivity contribution in [1.29, 1.82) is 0 Å². The fraction of sp³-hybridized carbons (Fsp3) is 0.643. The molecule has 0 bridgehead atoms. The predicted octanol–water partition coefficient (Wildman–Crippen LogP) is 1.73. The first-order valence-corrected chi connectivity index (χ1v) is 7.03. The maximum absolute atomic E-state index is 5.86. The number of pyridine rings is 1. The van der Waals surface area contributed by atoms with Gasteiger partial charge in [-0.1, -0.05) is 0 Å². The molecule has 2 N–H and O–H groups in total. The van der Waals surface area contributed by atoms with E-state index in [1.54, 1.807) is 0 Å². The summed E-state index contributed by atoms with van der Waals surface area (Å²) in [6.45, 7) is 4.86. The maximum atomic E-state index is 5.86. The zero-order chi connectivity index (χ0) is 12.4. The van der Waals surface area contributed by atoms with Crippen LogP contribution in [0.1, 0.15) is 25.7 Å². The summed E-state index contributed by atoms with van der Waals surface area (Å²) in [7, 11) is 0. The summed E-state index contributed by atoms with van der Waals surface area (Å²) in [5.41, 5.74) is 6.67. The fourth-order valence-electron chi connectivity index (χ4n) is 3.18. The Morgan fingerprint density at radius 1 is 1.22 bits per heavy atom. The van der Waals surface area contributed by atoms with Crippen LogP contribution in [0.4, 0.5) is 11.5 Å². The van der Waals surface area contributed by atoms with E-state index >= 15 is 0 Å². The van der Waals surface area contributed by atoms with E-state index in [0.717, 1.165) is 18.1 Å². The van der Waals surface area contributed by atoms with Crippen LogP contribution >= 0.6 is 0 Å². The lowest BCUT2D eigenvalue weighted by atomic mass is 10.2. The maximum Gasteiger partial charge on any atom is 0.130 e. The molecule has 4 heteroatoms. The molecule has 2 saturated heterocycles. The minimum atomic E-state index is 0.623. The van der Waals surface area contributed by atoms with Crippen molar-refractivity contribution in [3.63, 3.8) is 0 Å². The van der Waals surface area contributed by atoms with E-state index in [-0.39, 0.29) is 0 Å². The highest BCUT2D eigenvalue weighted by atomic mass is 15.3. The number of aromatic nitrogens is 1. The Bertz CT molecular complexity index is 401. The molecular weight excluding hydrogens is 224 g/mol. The summed E-state index contributed by atoms with van der Waals surface area (Å²) in [5.74, 6) is 1.05. The van der Waals surface area contributed by atoms with Gasteiger partial charge in [0.15, 0.2) is 0 Å². The Labute approximate surface area is 109 Å². The van der Waals surface area contributed by atoms with Crippen molar-refractivity contribution in [2.24, 2.45) is 0 Å². The molecule has 1 aromatic heterocycles. The van der Waals surface area contributed by atoms with E-state index in [1.807, 2.05) is 18.3 Å². The highest BCUT2D eigenvalue weighted by molar-refractivity contribution is 5.51. The summed E-state index contributed by atoms with van der Waals surface area (Å²) in [4.78, 5) is 9.51. The van der Waals surface area contributed by atoms with Crippen LogP contribution in [0.3, 0.4) is 0 Å². The number of nitrogens with two attached hydrogens (primary N) is 1. The third-order valence-corrected chi connectivity index (χ3v) is 4.11. The molecule has 18 heavy (non-hydrogen) atoms. The highest BCUT2D eigenvalue weighted by Gasteiger charge is 2.28. The van der Waals surface area contributed by atoms with Crippen LogP contribution < -0.4 is 10.6 Å². The van der Waals surface area contributed by atoms with Crippen LogP contribution in [0.15, 0.2) is 18.3 Å². The number of rotatable bonds is 3. The van der Waals surface area contributed by atoms with Crippen molar-refractivity contribution in [3.05, 3.63) is 18.3 Å². The first-order chi connectivity index (χ1) is 8.83. The summed E-state index contributed by atoms with van der Waals surface area (Å²) in [5, 5.41) is 0. The molecule has 0 amide bonds. The van der Waals surface area contributed by atoms with Crippen molar-refractivity contribution < 1.29 is 0 Å². The Hall–Kier alpha value is -1.29. The average molecular weight is 246 g/mol. The predicted molar refractivity (Wildman–Crippen MR) is 74.7 cm³/mol. The minimum absolute atomic E-state index is 0.623. The van der Waals surface area contributed by atoms with Crippen molar-refractivity contribution >= 4 is 11.5 Å². The van der Waals surface area contributed by atoms with Gasteiger partial charge in [0.05, 0.1) is 0 Å². The molecule has 1 aromatic rings. The third-order valence-electron chi connectivity index (χ3n) is 4.11. The minimum Gasteiger partial charge on any atom is -0.399 e. The van der Waals surface area contributed by atoms with Gasteiger partial charge in [-0.2, -0.15) is 0 Å². The van der Waals surface area contributed by atoms with Crippen molar-refractivity contribution in [3.8, 4) is 0 Å². The second kappa shape index (κ2) is 5.14. The Kier molecular flexibility index (Phi) is 3.37. The van der Waals surface area contributed by atoms with Gasteiger partial charge in [-0.15, -0.1) is 0 Å². The SMILES string of the molecule is Nc1ccnc(N2CCCC2CN2CCCC2)c1. The van der Waals surface area contributed by atoms with Gasteiger partial charge in [0.25, 0.3) is 0 Å². The van der Waals surface area contributed by atoms with Crippen LogP contribution in [0.25, 0.3) is 0 Å². The monoisotopic (exact) mass is 246 g/mol. The first kappa shape index (κ1) is 11.8. The molecule has 0 aromatic carbocycles. The van der Waals surface area contributed by atoms with Crippen LogP contribution in [-0.4, -0.2) is 42.1 Å². The smallest absolute Gasteiger partial charge is 0.130 e. The fourth-order valence-corrected chi connectivity index (χ4v) is 3.18. The molecule has 2 aliphatic rings. The van der Waals surface area contributed by atoms with E-state index in [9.17, 15) is 0 Å². The zero-order valence-electron chi connectivity index (χ0n) is 10.9. The Morgan fingerprint density at radius 2 is 2.06 bits per heavy atom. The number of hydrogen-bond donors (Lipinski definition) is 1. The lowest BCUT2D eigenvalue weighted by molar-refractivity contribution is 0.313. The Balaban J connectivity index is 1.70. The quantitative estimate of drug-likeness (QED) is 0.882. The number of anilines is 2. The molecule has 1 atom stereocenters. The van der Waals surface area contributed by atoms with Gasteiger partial charge in [-0.3, -0.25) is 0 Å². The van der Waals surface area contributed by atoms with Gasteiger partial charge < -0.3 is 15.5 Å². The van der Waals surface area contributed by atoms with Crippen LogP contribution in [0, 0.1) is 0 Å². The molecule has 4 nitrogen and oxygen atoms in total. The summed E-state index contributed by atoms with van der Waals surface area (Å²) in [6, 6.07) is 4.48. The normalized spacial score (nSPS) is 24.9. The highest BCUT2D eigenvalue weighted by Crippen LogP contribution is 2.26. The van der Waals surface area contributed by atoms with Gasteiger partial charge in [0, 0.05) is 37.1 Å². The van der Waals surface area contributed by atoms with E-state index in [4.69, 9.17) is 5.73 Å². The first-order valence-electron chi connectivity index (χ1n) is 7.03.